The first-order valence-corrected chi connectivity index (χ1v) is 9.71. The van der Waals surface area contributed by atoms with Crippen LogP contribution in [0, 0.1) is 0 Å². The molecule has 0 radical (unpaired) electrons. The van der Waals surface area contributed by atoms with Crippen LogP contribution in [-0.2, 0) is 14.3 Å². The van der Waals surface area contributed by atoms with Crippen molar-refractivity contribution in [2.45, 2.75) is 20.0 Å². The van der Waals surface area contributed by atoms with Gasteiger partial charge in [0.25, 0.3) is 5.91 Å². The van der Waals surface area contributed by atoms with Crippen molar-refractivity contribution in [2.24, 2.45) is 0 Å². The van der Waals surface area contributed by atoms with E-state index in [0.717, 1.165) is 11.3 Å². The zero-order chi connectivity index (χ0) is 20.8. The standard InChI is InChI=1S/C21H19N3O4S/c1-13(28-20(27)16-8-10-17(11-9-16)22-14(2)25)19(26)24-21-23-18(12-29-21)15-6-4-3-5-7-15/h3-13H,1-2H3,(H,22,25)(H,23,24,26). The molecule has 8 heteroatoms. The maximum absolute atomic E-state index is 12.3. The van der Waals surface area contributed by atoms with Gasteiger partial charge in [0, 0.05) is 23.6 Å². The number of hydrogen-bond acceptors (Lipinski definition) is 6. The molecule has 0 aliphatic carbocycles. The molecule has 0 bridgehead atoms. The summed E-state index contributed by atoms with van der Waals surface area (Å²) < 4.78 is 5.22. The lowest BCUT2D eigenvalue weighted by Crippen LogP contribution is -2.30. The van der Waals surface area contributed by atoms with E-state index in [9.17, 15) is 14.4 Å². The van der Waals surface area contributed by atoms with Crippen molar-refractivity contribution < 1.29 is 19.1 Å². The topological polar surface area (TPSA) is 97.4 Å². The summed E-state index contributed by atoms with van der Waals surface area (Å²) in [5, 5.41) is 7.55. The van der Waals surface area contributed by atoms with Crippen molar-refractivity contribution in [3.8, 4) is 11.3 Å². The van der Waals surface area contributed by atoms with E-state index >= 15 is 0 Å². The molecule has 2 aromatic carbocycles. The number of carbonyl (C=O) groups is 3. The van der Waals surface area contributed by atoms with Gasteiger partial charge < -0.3 is 10.1 Å². The first-order chi connectivity index (χ1) is 13.9. The van der Waals surface area contributed by atoms with Crippen LogP contribution in [0.25, 0.3) is 11.3 Å². The average Bonchev–Trinajstić information content (AvgIpc) is 3.17. The van der Waals surface area contributed by atoms with Gasteiger partial charge in [-0.3, -0.25) is 14.9 Å². The maximum atomic E-state index is 12.3. The molecular formula is C21H19N3O4S. The van der Waals surface area contributed by atoms with Crippen LogP contribution in [0.15, 0.2) is 60.0 Å². The molecule has 29 heavy (non-hydrogen) atoms. The molecule has 3 rings (SSSR count). The largest absolute Gasteiger partial charge is 0.449 e. The second kappa shape index (κ2) is 9.11. The third kappa shape index (κ3) is 5.49. The lowest BCUT2D eigenvalue weighted by atomic mass is 10.2. The average molecular weight is 409 g/mol. The van der Waals surface area contributed by atoms with Gasteiger partial charge >= 0.3 is 5.97 Å². The van der Waals surface area contributed by atoms with Gasteiger partial charge in [-0.05, 0) is 31.2 Å². The Morgan fingerprint density at radius 3 is 2.34 bits per heavy atom. The molecule has 1 heterocycles. The van der Waals surface area contributed by atoms with Gasteiger partial charge in [-0.1, -0.05) is 30.3 Å². The van der Waals surface area contributed by atoms with E-state index in [1.807, 2.05) is 35.7 Å². The van der Waals surface area contributed by atoms with Crippen molar-refractivity contribution >= 4 is 39.9 Å². The van der Waals surface area contributed by atoms with Crippen LogP contribution in [0.4, 0.5) is 10.8 Å². The summed E-state index contributed by atoms with van der Waals surface area (Å²) in [4.78, 5) is 40.0. The van der Waals surface area contributed by atoms with Crippen molar-refractivity contribution in [2.75, 3.05) is 10.6 Å². The van der Waals surface area contributed by atoms with Crippen LogP contribution in [0.1, 0.15) is 24.2 Å². The Kier molecular flexibility index (Phi) is 6.36. The van der Waals surface area contributed by atoms with Gasteiger partial charge in [0.1, 0.15) is 0 Å². The second-order valence-electron chi connectivity index (χ2n) is 6.20. The van der Waals surface area contributed by atoms with Crippen LogP contribution >= 0.6 is 11.3 Å². The van der Waals surface area contributed by atoms with Crippen molar-refractivity contribution in [3.63, 3.8) is 0 Å². The SMILES string of the molecule is CC(=O)Nc1ccc(C(=O)OC(C)C(=O)Nc2nc(-c3ccccc3)cs2)cc1. The van der Waals surface area contributed by atoms with Gasteiger partial charge in [-0.15, -0.1) is 11.3 Å². The lowest BCUT2D eigenvalue weighted by Gasteiger charge is -2.12. The van der Waals surface area contributed by atoms with Gasteiger partial charge in [-0.2, -0.15) is 0 Å². The number of aromatic nitrogens is 1. The molecule has 2 amide bonds. The predicted octanol–water partition coefficient (Wildman–Crippen LogP) is 3.95. The van der Waals surface area contributed by atoms with E-state index in [1.165, 1.54) is 37.3 Å². The fraction of sp³-hybridized carbons (Fsp3) is 0.143. The summed E-state index contributed by atoms with van der Waals surface area (Å²) in [6.45, 7) is 2.89. The highest BCUT2D eigenvalue weighted by Crippen LogP contribution is 2.24. The van der Waals surface area contributed by atoms with Crippen LogP contribution in [0.5, 0.6) is 0 Å². The summed E-state index contributed by atoms with van der Waals surface area (Å²) in [6.07, 6.45) is -0.999. The first-order valence-electron chi connectivity index (χ1n) is 8.83. The summed E-state index contributed by atoms with van der Waals surface area (Å²) in [7, 11) is 0. The van der Waals surface area contributed by atoms with Gasteiger partial charge in [-0.25, -0.2) is 9.78 Å². The molecule has 1 unspecified atom stereocenters. The van der Waals surface area contributed by atoms with Gasteiger partial charge in [0.2, 0.25) is 5.91 Å². The predicted molar refractivity (Wildman–Crippen MR) is 112 cm³/mol. The Labute approximate surface area is 171 Å². The number of amides is 2. The highest BCUT2D eigenvalue weighted by atomic mass is 32.1. The summed E-state index contributed by atoms with van der Waals surface area (Å²) in [5.74, 6) is -1.31. The molecular weight excluding hydrogens is 390 g/mol. The smallest absolute Gasteiger partial charge is 0.338 e. The zero-order valence-electron chi connectivity index (χ0n) is 15.8. The fourth-order valence-electron chi connectivity index (χ4n) is 2.45. The molecule has 2 N–H and O–H groups in total. The fourth-order valence-corrected chi connectivity index (χ4v) is 3.18. The molecule has 148 valence electrons. The van der Waals surface area contributed by atoms with E-state index in [1.54, 1.807) is 12.1 Å². The van der Waals surface area contributed by atoms with Crippen molar-refractivity contribution in [1.82, 2.24) is 4.98 Å². The highest BCUT2D eigenvalue weighted by molar-refractivity contribution is 7.14. The number of hydrogen-bond donors (Lipinski definition) is 2. The van der Waals surface area contributed by atoms with Crippen molar-refractivity contribution in [1.29, 1.82) is 0 Å². The Morgan fingerprint density at radius 1 is 1.00 bits per heavy atom. The Morgan fingerprint density at radius 2 is 1.69 bits per heavy atom. The number of carbonyl (C=O) groups excluding carboxylic acids is 3. The number of rotatable bonds is 6. The minimum absolute atomic E-state index is 0.205. The molecule has 7 nitrogen and oxygen atoms in total. The van der Waals surface area contributed by atoms with E-state index in [-0.39, 0.29) is 11.5 Å². The monoisotopic (exact) mass is 409 g/mol. The van der Waals surface area contributed by atoms with E-state index < -0.39 is 18.0 Å². The summed E-state index contributed by atoms with van der Waals surface area (Å²) in [5.41, 5.74) is 2.55. The van der Waals surface area contributed by atoms with Crippen LogP contribution in [0.3, 0.4) is 0 Å². The third-order valence-corrected chi connectivity index (χ3v) is 4.66. The second-order valence-corrected chi connectivity index (χ2v) is 7.06. The number of anilines is 2. The lowest BCUT2D eigenvalue weighted by molar-refractivity contribution is -0.123. The molecule has 1 aromatic heterocycles. The van der Waals surface area contributed by atoms with Crippen molar-refractivity contribution in [3.05, 3.63) is 65.5 Å². The summed E-state index contributed by atoms with van der Waals surface area (Å²) in [6, 6.07) is 15.8. The first kappa shape index (κ1) is 20.2. The number of nitrogens with zero attached hydrogens (tertiary/aromatic N) is 1. The quantitative estimate of drug-likeness (QED) is 0.601. The molecule has 0 saturated heterocycles. The molecule has 1 atom stereocenters. The highest BCUT2D eigenvalue weighted by Gasteiger charge is 2.20. The number of esters is 1. The van der Waals surface area contributed by atoms with Gasteiger partial charge in [0.15, 0.2) is 11.2 Å². The normalized spacial score (nSPS) is 11.4. The number of nitrogens with one attached hydrogen (secondary N) is 2. The zero-order valence-corrected chi connectivity index (χ0v) is 16.7. The number of thiazole rings is 1. The van der Waals surface area contributed by atoms with Gasteiger partial charge in [0.05, 0.1) is 11.3 Å². The Bertz CT molecular complexity index is 1020. The Hall–Kier alpha value is -3.52. The summed E-state index contributed by atoms with van der Waals surface area (Å²) >= 11 is 1.29. The maximum Gasteiger partial charge on any atom is 0.338 e. The molecule has 0 aliphatic rings. The minimum atomic E-state index is -0.999. The molecule has 0 spiro atoms. The molecule has 3 aromatic rings. The van der Waals surface area contributed by atoms with E-state index in [0.29, 0.717) is 10.8 Å². The van der Waals surface area contributed by atoms with E-state index in [4.69, 9.17) is 4.74 Å². The Balaban J connectivity index is 1.57. The van der Waals surface area contributed by atoms with Crippen LogP contribution in [-0.4, -0.2) is 28.9 Å². The van der Waals surface area contributed by atoms with Crippen LogP contribution in [0.2, 0.25) is 0 Å². The number of benzene rings is 2. The van der Waals surface area contributed by atoms with E-state index in [2.05, 4.69) is 15.6 Å². The number of ether oxygens (including phenoxy) is 1. The third-order valence-electron chi connectivity index (χ3n) is 3.90. The molecule has 0 saturated carbocycles. The molecule has 0 aliphatic heterocycles. The minimum Gasteiger partial charge on any atom is -0.449 e. The van der Waals surface area contributed by atoms with Crippen LogP contribution < -0.4 is 10.6 Å². The molecule has 0 fully saturated rings.